The van der Waals surface area contributed by atoms with E-state index >= 15 is 0 Å². The van der Waals surface area contributed by atoms with Crippen LogP contribution in [-0.4, -0.2) is 45.2 Å². The van der Waals surface area contributed by atoms with E-state index in [-0.39, 0.29) is 11.8 Å². The number of benzene rings is 2. The van der Waals surface area contributed by atoms with Gasteiger partial charge in [0.25, 0.3) is 0 Å². The molecule has 0 atom stereocenters. The SMILES string of the molecule is CCC[CH2][Sn]([CH2]CCC)([O]NC(=O)c1ccc(OC)cc1)[O]NC(=O)c1ccc(OC)cc1. The normalized spacial score (nSPS) is 11.0. The fourth-order valence-corrected chi connectivity index (χ4v) is 11.8. The number of rotatable bonds is 14. The number of methoxy groups -OCH3 is 2. The van der Waals surface area contributed by atoms with Crippen LogP contribution in [0.3, 0.4) is 0 Å². The molecule has 2 aromatic carbocycles. The predicted octanol–water partition coefficient (Wildman–Crippen LogP) is 4.77. The summed E-state index contributed by atoms with van der Waals surface area (Å²) in [7, 11) is 3.14. The minimum absolute atomic E-state index is 0.364. The molecular weight excluding hydrogens is 531 g/mol. The van der Waals surface area contributed by atoms with Crippen LogP contribution in [0.15, 0.2) is 48.5 Å². The Hall–Kier alpha value is -2.30. The molecule has 0 heterocycles. The van der Waals surface area contributed by atoms with E-state index in [2.05, 4.69) is 24.8 Å². The van der Waals surface area contributed by atoms with E-state index in [1.54, 1.807) is 62.8 Å². The average molecular weight is 565 g/mol. The summed E-state index contributed by atoms with van der Waals surface area (Å²) in [5.74, 6) is 0.599. The maximum absolute atomic E-state index is 12.7. The Balaban J connectivity index is 2.11. The van der Waals surface area contributed by atoms with E-state index in [9.17, 15) is 9.59 Å². The molecule has 2 rings (SSSR count). The Labute approximate surface area is 200 Å². The number of unbranched alkanes of at least 4 members (excludes halogenated alkanes) is 2. The Kier molecular flexibility index (Phi) is 11.5. The van der Waals surface area contributed by atoms with E-state index in [1.807, 2.05) is 0 Å². The third-order valence-corrected chi connectivity index (χ3v) is 14.3. The van der Waals surface area contributed by atoms with Crippen LogP contribution in [-0.2, 0) is 6.35 Å². The third-order valence-electron chi connectivity index (χ3n) is 5.19. The molecule has 0 radical (unpaired) electrons. The van der Waals surface area contributed by atoms with Gasteiger partial charge in [0.05, 0.1) is 0 Å². The van der Waals surface area contributed by atoms with Crippen molar-refractivity contribution in [2.45, 2.75) is 48.4 Å². The van der Waals surface area contributed by atoms with Crippen LogP contribution in [0.1, 0.15) is 60.2 Å². The van der Waals surface area contributed by atoms with Crippen molar-refractivity contribution in [3.8, 4) is 11.5 Å². The fourth-order valence-electron chi connectivity index (χ4n) is 3.12. The quantitative estimate of drug-likeness (QED) is 0.253. The first-order chi connectivity index (χ1) is 16.0. The van der Waals surface area contributed by atoms with Crippen LogP contribution in [0.4, 0.5) is 0 Å². The molecule has 0 aliphatic heterocycles. The van der Waals surface area contributed by atoms with Crippen molar-refractivity contribution in [2.24, 2.45) is 0 Å². The zero-order valence-corrected chi connectivity index (χ0v) is 22.7. The molecule has 0 aromatic heterocycles. The number of nitrogens with one attached hydrogen (secondary N) is 2. The van der Waals surface area contributed by atoms with Crippen molar-refractivity contribution < 1.29 is 25.4 Å². The zero-order valence-electron chi connectivity index (χ0n) is 19.8. The van der Waals surface area contributed by atoms with E-state index < -0.39 is 19.2 Å². The number of carbonyl (C=O) groups excluding carboxylic acids is 2. The van der Waals surface area contributed by atoms with Crippen LogP contribution in [0, 0.1) is 0 Å². The number of hydrogen-bond acceptors (Lipinski definition) is 6. The zero-order chi connectivity index (χ0) is 24.1. The Morgan fingerprint density at radius 3 is 1.36 bits per heavy atom. The van der Waals surface area contributed by atoms with Gasteiger partial charge < -0.3 is 0 Å². The summed E-state index contributed by atoms with van der Waals surface area (Å²) in [4.78, 5) is 25.3. The maximum atomic E-state index is 12.7. The molecule has 2 amide bonds. The molecule has 9 heteroatoms. The number of hydroxylamine groups is 2. The number of amides is 2. The molecule has 0 fully saturated rings. The van der Waals surface area contributed by atoms with Gasteiger partial charge in [0, 0.05) is 0 Å². The van der Waals surface area contributed by atoms with Crippen LogP contribution in [0.25, 0.3) is 0 Å². The van der Waals surface area contributed by atoms with Gasteiger partial charge in [0.1, 0.15) is 0 Å². The van der Waals surface area contributed by atoms with Gasteiger partial charge in [-0.15, -0.1) is 0 Å². The first-order valence-corrected chi connectivity index (χ1v) is 17.6. The van der Waals surface area contributed by atoms with E-state index in [0.29, 0.717) is 31.5 Å². The second-order valence-electron chi connectivity index (χ2n) is 7.64. The van der Waals surface area contributed by atoms with Gasteiger partial charge in [0.15, 0.2) is 0 Å². The van der Waals surface area contributed by atoms with Crippen LogP contribution >= 0.6 is 0 Å². The van der Waals surface area contributed by atoms with Gasteiger partial charge in [-0.2, -0.15) is 0 Å². The topological polar surface area (TPSA) is 95.1 Å². The van der Waals surface area contributed by atoms with Crippen molar-refractivity contribution in [1.82, 2.24) is 11.0 Å². The number of hydrogen-bond donors (Lipinski definition) is 2. The van der Waals surface area contributed by atoms with Crippen molar-refractivity contribution in [3.05, 3.63) is 59.7 Å². The summed E-state index contributed by atoms with van der Waals surface area (Å²) in [6.07, 6.45) is 3.68. The third kappa shape index (κ3) is 8.53. The molecular formula is C24H34N2O6Sn. The summed E-state index contributed by atoms with van der Waals surface area (Å²) >= 11 is -3.89. The van der Waals surface area contributed by atoms with Gasteiger partial charge in [0.2, 0.25) is 0 Å². The molecule has 0 unspecified atom stereocenters. The number of ether oxygens (including phenoxy) is 2. The molecule has 0 bridgehead atoms. The molecule has 0 aliphatic rings. The molecule has 2 N–H and O–H groups in total. The van der Waals surface area contributed by atoms with Crippen LogP contribution in [0.2, 0.25) is 8.87 Å². The second-order valence-corrected chi connectivity index (χ2v) is 16.9. The molecule has 0 saturated heterocycles. The van der Waals surface area contributed by atoms with Gasteiger partial charge in [-0.25, -0.2) is 0 Å². The van der Waals surface area contributed by atoms with Crippen molar-refractivity contribution in [3.63, 3.8) is 0 Å². The summed E-state index contributed by atoms with van der Waals surface area (Å²) in [6, 6.07) is 13.5. The van der Waals surface area contributed by atoms with Gasteiger partial charge >= 0.3 is 201 Å². The van der Waals surface area contributed by atoms with Crippen LogP contribution in [0.5, 0.6) is 11.5 Å². The molecule has 0 saturated carbocycles. The van der Waals surface area contributed by atoms with E-state index in [4.69, 9.17) is 15.8 Å². The first-order valence-electron chi connectivity index (χ1n) is 11.2. The van der Waals surface area contributed by atoms with Crippen molar-refractivity contribution >= 4 is 31.0 Å². The predicted molar refractivity (Wildman–Crippen MR) is 128 cm³/mol. The van der Waals surface area contributed by atoms with Crippen LogP contribution < -0.4 is 20.4 Å². The summed E-state index contributed by atoms with van der Waals surface area (Å²) in [6.45, 7) is 4.17. The minimum atomic E-state index is -3.89. The Morgan fingerprint density at radius 2 is 1.06 bits per heavy atom. The van der Waals surface area contributed by atoms with Crippen molar-refractivity contribution in [2.75, 3.05) is 14.2 Å². The molecule has 180 valence electrons. The average Bonchev–Trinajstić information content (AvgIpc) is 2.87. The summed E-state index contributed by atoms with van der Waals surface area (Å²) in [5.41, 5.74) is 6.09. The Morgan fingerprint density at radius 1 is 0.697 bits per heavy atom. The monoisotopic (exact) mass is 566 g/mol. The second kappa shape index (κ2) is 14.1. The molecule has 33 heavy (non-hydrogen) atoms. The van der Waals surface area contributed by atoms with Gasteiger partial charge in [-0.3, -0.25) is 0 Å². The Bertz CT molecular complexity index is 800. The van der Waals surface area contributed by atoms with Crippen molar-refractivity contribution in [1.29, 1.82) is 0 Å². The standard InChI is InChI=1S/2C8H8NO3.2C4H9.Sn/c2*1-12-7-4-2-6(3-5-7)8(10)9-11;2*1-3-4-2;/h2*2-5H,1H3,(H-,9,10,11);2*1,3-4H2,2H3;/q2*-1;;;+2. The van der Waals surface area contributed by atoms with E-state index in [1.165, 1.54) is 0 Å². The summed E-state index contributed by atoms with van der Waals surface area (Å²) < 4.78 is 23.8. The molecule has 2 aromatic rings. The number of carbonyl (C=O) groups is 2. The van der Waals surface area contributed by atoms with Gasteiger partial charge in [-0.1, -0.05) is 0 Å². The molecule has 0 aliphatic carbocycles. The summed E-state index contributed by atoms with van der Waals surface area (Å²) in [5, 5.41) is 0. The van der Waals surface area contributed by atoms with Gasteiger partial charge in [-0.05, 0) is 0 Å². The fraction of sp³-hybridized carbons (Fsp3) is 0.417. The molecule has 0 spiro atoms. The first kappa shape index (κ1) is 26.9. The van der Waals surface area contributed by atoms with E-state index in [0.717, 1.165) is 25.7 Å². The molecule has 8 nitrogen and oxygen atoms in total.